The minimum absolute atomic E-state index is 0.313. The van der Waals surface area contributed by atoms with E-state index in [9.17, 15) is 4.79 Å². The number of ether oxygens (including phenoxy) is 1. The van der Waals surface area contributed by atoms with Gasteiger partial charge in [0.1, 0.15) is 0 Å². The quantitative estimate of drug-likeness (QED) is 0.255. The van der Waals surface area contributed by atoms with Gasteiger partial charge in [-0.15, -0.1) is 0 Å². The first kappa shape index (κ1) is 16.2. The summed E-state index contributed by atoms with van der Waals surface area (Å²) < 4.78 is 6.02. The third-order valence-corrected chi connectivity index (χ3v) is 3.17. The molecule has 3 heteroatoms. The Morgan fingerprint density at radius 1 is 1.18 bits per heavy atom. The zero-order valence-corrected chi connectivity index (χ0v) is 11.7. The number of hydrogen-bond acceptors (Lipinski definition) is 2. The molecule has 0 fully saturated rings. The Hall–Kier alpha value is -0.830. The van der Waals surface area contributed by atoms with Gasteiger partial charge in [0.05, 0.1) is 33.8 Å². The Morgan fingerprint density at radius 2 is 1.76 bits per heavy atom. The van der Waals surface area contributed by atoms with E-state index in [2.05, 4.69) is 27.6 Å². The SMILES string of the molecule is C=CC(=O)OCCCCCCC[N+](C)(C)CC. The monoisotopic (exact) mass is 242 g/mol. The van der Waals surface area contributed by atoms with E-state index in [1.165, 1.54) is 38.4 Å². The summed E-state index contributed by atoms with van der Waals surface area (Å²) in [6.45, 7) is 8.56. The van der Waals surface area contributed by atoms with Gasteiger partial charge in [0.15, 0.2) is 0 Å². The molecule has 0 aliphatic carbocycles. The number of carbonyl (C=O) groups is 1. The molecule has 0 amide bonds. The molecule has 0 heterocycles. The summed E-state index contributed by atoms with van der Waals surface area (Å²) in [5.74, 6) is -0.313. The molecule has 0 N–H and O–H groups in total. The average molecular weight is 242 g/mol. The minimum atomic E-state index is -0.313. The molecule has 0 aliphatic heterocycles. The van der Waals surface area contributed by atoms with Gasteiger partial charge in [0.2, 0.25) is 0 Å². The molecule has 17 heavy (non-hydrogen) atoms. The lowest BCUT2D eigenvalue weighted by Crippen LogP contribution is -2.39. The lowest BCUT2D eigenvalue weighted by atomic mass is 10.1. The maximum Gasteiger partial charge on any atom is 0.330 e. The average Bonchev–Trinajstić information content (AvgIpc) is 2.32. The molecule has 0 aromatic rings. The highest BCUT2D eigenvalue weighted by molar-refractivity contribution is 5.81. The van der Waals surface area contributed by atoms with Gasteiger partial charge in [-0.2, -0.15) is 0 Å². The van der Waals surface area contributed by atoms with Crippen LogP contribution in [0.5, 0.6) is 0 Å². The smallest absolute Gasteiger partial charge is 0.330 e. The third kappa shape index (κ3) is 10.1. The van der Waals surface area contributed by atoms with Gasteiger partial charge in [0, 0.05) is 6.08 Å². The van der Waals surface area contributed by atoms with Crippen LogP contribution in [0.1, 0.15) is 39.0 Å². The highest BCUT2D eigenvalue weighted by atomic mass is 16.5. The molecular formula is C14H28NO2+. The largest absolute Gasteiger partial charge is 0.463 e. The van der Waals surface area contributed by atoms with Crippen LogP contribution in [0, 0.1) is 0 Å². The standard InChI is InChI=1S/C14H28NO2/c1-5-14(16)17-13-11-9-7-8-10-12-15(3,4)6-2/h5H,1,6-13H2,2-4H3/q+1. The van der Waals surface area contributed by atoms with Crippen molar-refractivity contribution in [1.29, 1.82) is 0 Å². The second kappa shape index (κ2) is 9.23. The Kier molecular flexibility index (Phi) is 8.78. The summed E-state index contributed by atoms with van der Waals surface area (Å²) in [7, 11) is 4.55. The van der Waals surface area contributed by atoms with Crippen LogP contribution >= 0.6 is 0 Å². The van der Waals surface area contributed by atoms with Crippen LogP contribution in [0.4, 0.5) is 0 Å². The molecule has 0 bridgehead atoms. The molecule has 0 saturated carbocycles. The van der Waals surface area contributed by atoms with Crippen LogP contribution < -0.4 is 0 Å². The van der Waals surface area contributed by atoms with Crippen molar-refractivity contribution in [3.63, 3.8) is 0 Å². The summed E-state index contributed by atoms with van der Waals surface area (Å²) in [6, 6.07) is 0. The lowest BCUT2D eigenvalue weighted by molar-refractivity contribution is -0.888. The minimum Gasteiger partial charge on any atom is -0.463 e. The summed E-state index contributed by atoms with van der Waals surface area (Å²) >= 11 is 0. The Morgan fingerprint density at radius 3 is 2.35 bits per heavy atom. The fraction of sp³-hybridized carbons (Fsp3) is 0.786. The van der Waals surface area contributed by atoms with Crippen LogP contribution in [-0.2, 0) is 9.53 Å². The van der Waals surface area contributed by atoms with E-state index < -0.39 is 0 Å². The maximum absolute atomic E-state index is 10.7. The molecule has 0 spiro atoms. The van der Waals surface area contributed by atoms with Crippen LogP contribution in [-0.4, -0.2) is 44.2 Å². The first-order valence-corrected chi connectivity index (χ1v) is 6.63. The molecule has 0 saturated heterocycles. The fourth-order valence-electron chi connectivity index (χ4n) is 1.56. The van der Waals surface area contributed by atoms with Gasteiger partial charge in [-0.05, 0) is 26.2 Å². The molecule has 0 atom stereocenters. The van der Waals surface area contributed by atoms with E-state index in [4.69, 9.17) is 4.74 Å². The number of unbranched alkanes of at least 4 members (excludes halogenated alkanes) is 4. The van der Waals surface area contributed by atoms with Crippen LogP contribution in [0.2, 0.25) is 0 Å². The fourth-order valence-corrected chi connectivity index (χ4v) is 1.56. The van der Waals surface area contributed by atoms with Crippen molar-refractivity contribution in [1.82, 2.24) is 0 Å². The van der Waals surface area contributed by atoms with Crippen molar-refractivity contribution in [2.24, 2.45) is 0 Å². The molecule has 0 aliphatic rings. The van der Waals surface area contributed by atoms with Gasteiger partial charge < -0.3 is 9.22 Å². The van der Waals surface area contributed by atoms with Crippen molar-refractivity contribution in [3.8, 4) is 0 Å². The summed E-state index contributed by atoms with van der Waals surface area (Å²) in [5.41, 5.74) is 0. The predicted molar refractivity (Wildman–Crippen MR) is 71.8 cm³/mol. The molecule has 0 aromatic carbocycles. The van der Waals surface area contributed by atoms with Gasteiger partial charge >= 0.3 is 5.97 Å². The van der Waals surface area contributed by atoms with E-state index >= 15 is 0 Å². The Bertz CT molecular complexity index is 224. The van der Waals surface area contributed by atoms with Crippen molar-refractivity contribution < 1.29 is 14.0 Å². The first-order chi connectivity index (χ1) is 8.02. The predicted octanol–water partition coefficient (Wildman–Crippen LogP) is 2.76. The van der Waals surface area contributed by atoms with E-state index in [-0.39, 0.29) is 5.97 Å². The van der Waals surface area contributed by atoms with E-state index in [1.54, 1.807) is 0 Å². The third-order valence-electron chi connectivity index (χ3n) is 3.17. The number of esters is 1. The van der Waals surface area contributed by atoms with Crippen molar-refractivity contribution in [2.75, 3.05) is 33.8 Å². The maximum atomic E-state index is 10.7. The van der Waals surface area contributed by atoms with Gasteiger partial charge in [-0.3, -0.25) is 0 Å². The van der Waals surface area contributed by atoms with E-state index in [1.807, 2.05) is 0 Å². The van der Waals surface area contributed by atoms with E-state index in [0.717, 1.165) is 17.3 Å². The second-order valence-electron chi connectivity index (χ2n) is 5.11. The molecule has 0 unspecified atom stereocenters. The highest BCUT2D eigenvalue weighted by Gasteiger charge is 2.09. The van der Waals surface area contributed by atoms with Crippen molar-refractivity contribution in [2.45, 2.75) is 39.0 Å². The summed E-state index contributed by atoms with van der Waals surface area (Å²) in [6.07, 6.45) is 7.11. The zero-order valence-electron chi connectivity index (χ0n) is 11.7. The van der Waals surface area contributed by atoms with Gasteiger partial charge in [-0.1, -0.05) is 19.4 Å². The zero-order chi connectivity index (χ0) is 13.1. The van der Waals surface area contributed by atoms with Crippen molar-refractivity contribution >= 4 is 5.97 Å². The molecule has 3 nitrogen and oxygen atoms in total. The van der Waals surface area contributed by atoms with Crippen LogP contribution in [0.3, 0.4) is 0 Å². The highest BCUT2D eigenvalue weighted by Crippen LogP contribution is 2.06. The van der Waals surface area contributed by atoms with Crippen LogP contribution in [0.15, 0.2) is 12.7 Å². The normalized spacial score (nSPS) is 11.2. The number of nitrogens with zero attached hydrogens (tertiary/aromatic N) is 1. The molecule has 100 valence electrons. The molecular weight excluding hydrogens is 214 g/mol. The summed E-state index contributed by atoms with van der Waals surface area (Å²) in [5, 5.41) is 0. The second-order valence-corrected chi connectivity index (χ2v) is 5.11. The number of rotatable bonds is 10. The number of quaternary nitrogens is 1. The molecule has 0 aromatic heterocycles. The molecule has 0 radical (unpaired) electrons. The van der Waals surface area contributed by atoms with Crippen LogP contribution in [0.25, 0.3) is 0 Å². The first-order valence-electron chi connectivity index (χ1n) is 6.63. The molecule has 0 rings (SSSR count). The Labute approximate surface area is 106 Å². The Balaban J connectivity index is 3.24. The number of hydrogen-bond donors (Lipinski definition) is 0. The van der Waals surface area contributed by atoms with Crippen molar-refractivity contribution in [3.05, 3.63) is 12.7 Å². The summed E-state index contributed by atoms with van der Waals surface area (Å²) in [4.78, 5) is 10.7. The van der Waals surface area contributed by atoms with Gasteiger partial charge in [0.25, 0.3) is 0 Å². The van der Waals surface area contributed by atoms with Gasteiger partial charge in [-0.25, -0.2) is 4.79 Å². The topological polar surface area (TPSA) is 26.3 Å². The van der Waals surface area contributed by atoms with E-state index in [0.29, 0.717) is 6.61 Å². The lowest BCUT2D eigenvalue weighted by Gasteiger charge is -2.28. The number of carbonyl (C=O) groups excluding carboxylic acids is 1.